The summed E-state index contributed by atoms with van der Waals surface area (Å²) < 4.78 is 5.49. The van der Waals surface area contributed by atoms with Gasteiger partial charge in [0.15, 0.2) is 5.11 Å². The third-order valence-electron chi connectivity index (χ3n) is 3.88. The lowest BCUT2D eigenvalue weighted by Gasteiger charge is -2.19. The summed E-state index contributed by atoms with van der Waals surface area (Å²) in [4.78, 5) is 13.7. The molecule has 2 N–H and O–H groups in total. The van der Waals surface area contributed by atoms with E-state index in [2.05, 4.69) is 10.6 Å². The predicted octanol–water partition coefficient (Wildman–Crippen LogP) is 3.22. The number of thiocarbonyl (C=S) groups is 1. The number of nitrogens with one attached hydrogen (secondary N) is 2. The maximum atomic E-state index is 11.9. The average Bonchev–Trinajstić information content (AvgIpc) is 2.93. The number of hydrogen-bond acceptors (Lipinski definition) is 3. The van der Waals surface area contributed by atoms with E-state index in [1.807, 2.05) is 43.9 Å². The maximum absolute atomic E-state index is 11.9. The van der Waals surface area contributed by atoms with Gasteiger partial charge in [-0.15, -0.1) is 0 Å². The number of rotatable bonds is 7. The van der Waals surface area contributed by atoms with Crippen LogP contribution in [0.15, 0.2) is 18.2 Å². The van der Waals surface area contributed by atoms with Gasteiger partial charge in [-0.25, -0.2) is 0 Å². The fourth-order valence-corrected chi connectivity index (χ4v) is 2.93. The van der Waals surface area contributed by atoms with Crippen molar-refractivity contribution in [3.8, 4) is 0 Å². The Balaban J connectivity index is 1.81. The van der Waals surface area contributed by atoms with Crippen LogP contribution in [0.5, 0.6) is 0 Å². The highest BCUT2D eigenvalue weighted by Gasteiger charge is 2.22. The summed E-state index contributed by atoms with van der Waals surface area (Å²) in [5, 5.41) is 6.97. The maximum Gasteiger partial charge on any atom is 0.227 e. The van der Waals surface area contributed by atoms with Crippen LogP contribution >= 0.6 is 12.2 Å². The molecule has 0 saturated carbocycles. The molecule has 0 unspecified atom stereocenters. The molecule has 1 aliphatic rings. The lowest BCUT2D eigenvalue weighted by Crippen LogP contribution is -2.30. The lowest BCUT2D eigenvalue weighted by atomic mass is 10.1. The Bertz CT molecular complexity index is 590. The molecular weight excluding hydrogens is 322 g/mol. The van der Waals surface area contributed by atoms with Crippen molar-refractivity contribution in [1.29, 1.82) is 0 Å². The second-order valence-corrected chi connectivity index (χ2v) is 6.71. The summed E-state index contributed by atoms with van der Waals surface area (Å²) in [6.07, 6.45) is 2.76. The second-order valence-electron chi connectivity index (χ2n) is 6.30. The molecule has 0 bridgehead atoms. The molecule has 1 heterocycles. The van der Waals surface area contributed by atoms with Gasteiger partial charge in [-0.1, -0.05) is 0 Å². The van der Waals surface area contributed by atoms with Crippen molar-refractivity contribution in [2.24, 2.45) is 0 Å². The third kappa shape index (κ3) is 5.46. The smallest absolute Gasteiger partial charge is 0.227 e. The Morgan fingerprint density at radius 3 is 2.83 bits per heavy atom. The number of benzene rings is 1. The van der Waals surface area contributed by atoms with Crippen LogP contribution in [0.1, 0.15) is 38.7 Å². The van der Waals surface area contributed by atoms with Crippen molar-refractivity contribution in [1.82, 2.24) is 5.32 Å². The average molecular weight is 350 g/mol. The van der Waals surface area contributed by atoms with Gasteiger partial charge in [0.05, 0.1) is 6.10 Å². The molecule has 24 heavy (non-hydrogen) atoms. The predicted molar refractivity (Wildman–Crippen MR) is 103 cm³/mol. The molecular formula is C18H27N3O2S. The SMILES string of the molecule is Cc1cc(NC(=S)NCCCOC(C)C)ccc1N1CCCC1=O. The standard InChI is InChI=1S/C18H27N3O2S/c1-13(2)23-11-5-9-19-18(24)20-15-7-8-16(14(3)12-15)21-10-4-6-17(21)22/h7-8,12-13H,4-6,9-11H2,1-3H3,(H2,19,20,24). The topological polar surface area (TPSA) is 53.6 Å². The molecule has 1 fully saturated rings. The zero-order chi connectivity index (χ0) is 17.5. The molecule has 2 rings (SSSR count). The Morgan fingerprint density at radius 1 is 1.42 bits per heavy atom. The van der Waals surface area contributed by atoms with Gasteiger partial charge in [0.1, 0.15) is 0 Å². The second kappa shape index (κ2) is 8.99. The van der Waals surface area contributed by atoms with Crippen molar-refractivity contribution in [2.75, 3.05) is 29.9 Å². The highest BCUT2D eigenvalue weighted by Crippen LogP contribution is 2.27. The fraction of sp³-hybridized carbons (Fsp3) is 0.556. The summed E-state index contributed by atoms with van der Waals surface area (Å²) in [5.41, 5.74) is 3.00. The van der Waals surface area contributed by atoms with Crippen molar-refractivity contribution in [3.63, 3.8) is 0 Å². The summed E-state index contributed by atoms with van der Waals surface area (Å²) in [5.74, 6) is 0.208. The quantitative estimate of drug-likeness (QED) is 0.585. The van der Waals surface area contributed by atoms with Gasteiger partial charge in [-0.05, 0) is 69.6 Å². The van der Waals surface area contributed by atoms with Crippen LogP contribution in [0.25, 0.3) is 0 Å². The van der Waals surface area contributed by atoms with E-state index in [0.717, 1.165) is 49.5 Å². The molecule has 1 amide bonds. The molecule has 0 spiro atoms. The third-order valence-corrected chi connectivity index (χ3v) is 4.12. The number of hydrogen-bond donors (Lipinski definition) is 2. The van der Waals surface area contributed by atoms with Gasteiger partial charge in [-0.3, -0.25) is 4.79 Å². The molecule has 1 aromatic rings. The lowest BCUT2D eigenvalue weighted by molar-refractivity contribution is -0.117. The number of carbonyl (C=O) groups is 1. The highest BCUT2D eigenvalue weighted by atomic mass is 32.1. The summed E-state index contributed by atoms with van der Waals surface area (Å²) in [7, 11) is 0. The first-order valence-corrected chi connectivity index (χ1v) is 8.95. The van der Waals surface area contributed by atoms with Crippen LogP contribution in [0.3, 0.4) is 0 Å². The van der Waals surface area contributed by atoms with Crippen LogP contribution < -0.4 is 15.5 Å². The molecule has 0 radical (unpaired) electrons. The van der Waals surface area contributed by atoms with E-state index in [1.54, 1.807) is 0 Å². The van der Waals surface area contributed by atoms with E-state index in [4.69, 9.17) is 17.0 Å². The van der Waals surface area contributed by atoms with Gasteiger partial charge >= 0.3 is 0 Å². The van der Waals surface area contributed by atoms with E-state index in [0.29, 0.717) is 11.5 Å². The number of aryl methyl sites for hydroxylation is 1. The normalized spacial score (nSPS) is 14.3. The van der Waals surface area contributed by atoms with Gasteiger partial charge in [0, 0.05) is 37.5 Å². The monoisotopic (exact) mass is 349 g/mol. The Morgan fingerprint density at radius 2 is 2.21 bits per heavy atom. The van der Waals surface area contributed by atoms with Gasteiger partial charge < -0.3 is 20.3 Å². The summed E-state index contributed by atoms with van der Waals surface area (Å²) in [6.45, 7) is 8.39. The van der Waals surface area contributed by atoms with Gasteiger partial charge in [0.25, 0.3) is 0 Å². The first kappa shape index (κ1) is 18.7. The fourth-order valence-electron chi connectivity index (χ4n) is 2.71. The Kier molecular flexibility index (Phi) is 6.99. The number of nitrogens with zero attached hydrogens (tertiary/aromatic N) is 1. The van der Waals surface area contributed by atoms with Crippen molar-refractivity contribution >= 4 is 34.6 Å². The number of ether oxygens (including phenoxy) is 1. The summed E-state index contributed by atoms with van der Waals surface area (Å²) in [6, 6.07) is 5.97. The van der Waals surface area contributed by atoms with Crippen LogP contribution in [0.2, 0.25) is 0 Å². The highest BCUT2D eigenvalue weighted by molar-refractivity contribution is 7.80. The Hall–Kier alpha value is -1.66. The van der Waals surface area contributed by atoms with Crippen molar-refractivity contribution in [3.05, 3.63) is 23.8 Å². The van der Waals surface area contributed by atoms with Crippen LogP contribution in [-0.4, -0.2) is 36.8 Å². The van der Waals surface area contributed by atoms with E-state index in [-0.39, 0.29) is 12.0 Å². The van der Waals surface area contributed by atoms with E-state index >= 15 is 0 Å². The first-order chi connectivity index (χ1) is 11.5. The van der Waals surface area contributed by atoms with Crippen molar-refractivity contribution < 1.29 is 9.53 Å². The van der Waals surface area contributed by atoms with E-state index in [1.165, 1.54) is 0 Å². The number of anilines is 2. The van der Waals surface area contributed by atoms with Crippen LogP contribution in [0, 0.1) is 6.92 Å². The first-order valence-electron chi connectivity index (χ1n) is 8.55. The number of carbonyl (C=O) groups excluding carboxylic acids is 1. The van der Waals surface area contributed by atoms with Gasteiger partial charge in [0.2, 0.25) is 5.91 Å². The van der Waals surface area contributed by atoms with Crippen LogP contribution in [-0.2, 0) is 9.53 Å². The van der Waals surface area contributed by atoms with Crippen LogP contribution in [0.4, 0.5) is 11.4 Å². The van der Waals surface area contributed by atoms with Gasteiger partial charge in [-0.2, -0.15) is 0 Å². The molecule has 5 nitrogen and oxygen atoms in total. The van der Waals surface area contributed by atoms with E-state index < -0.39 is 0 Å². The minimum absolute atomic E-state index is 0.208. The molecule has 6 heteroatoms. The Labute approximate surface area is 149 Å². The molecule has 1 saturated heterocycles. The molecule has 132 valence electrons. The van der Waals surface area contributed by atoms with E-state index in [9.17, 15) is 4.79 Å². The summed E-state index contributed by atoms with van der Waals surface area (Å²) >= 11 is 5.31. The molecule has 0 aromatic heterocycles. The minimum atomic E-state index is 0.208. The van der Waals surface area contributed by atoms with Crippen molar-refractivity contribution in [2.45, 2.75) is 46.1 Å². The molecule has 1 aromatic carbocycles. The molecule has 0 atom stereocenters. The molecule has 0 aliphatic carbocycles. The largest absolute Gasteiger partial charge is 0.379 e. The zero-order valence-electron chi connectivity index (χ0n) is 14.7. The molecule has 1 aliphatic heterocycles. The minimum Gasteiger partial charge on any atom is -0.379 e. The number of amides is 1. The zero-order valence-corrected chi connectivity index (χ0v) is 15.5.